The lowest BCUT2D eigenvalue weighted by Gasteiger charge is -2.45. The van der Waals surface area contributed by atoms with Crippen LogP contribution in [0.25, 0.3) is 11.3 Å². The summed E-state index contributed by atoms with van der Waals surface area (Å²) in [5.41, 5.74) is 12.6. The van der Waals surface area contributed by atoms with Crippen LogP contribution in [0.3, 0.4) is 0 Å². The van der Waals surface area contributed by atoms with Crippen LogP contribution in [0.4, 0.5) is 19.0 Å². The molecule has 1 saturated carbocycles. The SMILES string of the molecule is CC#CC(=O)N1CCC2(CC(n3nc(-c4ccc(OCC(F)(F)F)cc4)c(C(N)=O)c3N)C2)C1. The fourth-order valence-corrected chi connectivity index (χ4v) is 4.79. The Bertz CT molecular complexity index is 1170. The lowest BCUT2D eigenvalue weighted by atomic mass is 9.65. The summed E-state index contributed by atoms with van der Waals surface area (Å²) in [6.07, 6.45) is -2.11. The number of anilines is 1. The van der Waals surface area contributed by atoms with Crippen LogP contribution in [0.2, 0.25) is 0 Å². The number of rotatable bonds is 5. The van der Waals surface area contributed by atoms with Gasteiger partial charge in [0.15, 0.2) is 6.61 Å². The van der Waals surface area contributed by atoms with Crippen molar-refractivity contribution in [3.05, 3.63) is 29.8 Å². The van der Waals surface area contributed by atoms with Crippen molar-refractivity contribution in [2.24, 2.45) is 11.1 Å². The largest absolute Gasteiger partial charge is 0.484 e. The molecule has 1 aromatic heterocycles. The van der Waals surface area contributed by atoms with E-state index in [1.165, 1.54) is 24.3 Å². The van der Waals surface area contributed by atoms with Gasteiger partial charge in [0.1, 0.15) is 22.8 Å². The van der Waals surface area contributed by atoms with Crippen molar-refractivity contribution in [2.75, 3.05) is 25.4 Å². The Hall–Kier alpha value is -3.68. The maximum Gasteiger partial charge on any atom is 0.422 e. The zero-order valence-electron chi connectivity index (χ0n) is 18.5. The molecular weight excluding hydrogens is 451 g/mol. The number of nitrogens with two attached hydrogens (primary N) is 2. The Morgan fingerprint density at radius 1 is 1.26 bits per heavy atom. The monoisotopic (exact) mass is 475 g/mol. The summed E-state index contributed by atoms with van der Waals surface area (Å²) in [5.74, 6) is 4.44. The molecule has 1 aliphatic carbocycles. The van der Waals surface area contributed by atoms with Gasteiger partial charge in [-0.25, -0.2) is 4.68 Å². The number of primary amides is 1. The van der Waals surface area contributed by atoms with Crippen molar-refractivity contribution >= 4 is 17.6 Å². The van der Waals surface area contributed by atoms with Crippen molar-refractivity contribution < 1.29 is 27.5 Å². The Kier molecular flexibility index (Phi) is 5.93. The van der Waals surface area contributed by atoms with E-state index in [-0.39, 0.29) is 40.2 Å². The van der Waals surface area contributed by atoms with Gasteiger partial charge in [-0.2, -0.15) is 18.3 Å². The van der Waals surface area contributed by atoms with E-state index in [0.29, 0.717) is 18.7 Å². The van der Waals surface area contributed by atoms with Crippen molar-refractivity contribution in [1.82, 2.24) is 14.7 Å². The fraction of sp³-hybridized carbons (Fsp3) is 0.435. The van der Waals surface area contributed by atoms with E-state index < -0.39 is 18.7 Å². The van der Waals surface area contributed by atoms with Crippen molar-refractivity contribution in [1.29, 1.82) is 0 Å². The van der Waals surface area contributed by atoms with Gasteiger partial charge in [0.25, 0.3) is 11.8 Å². The first-order chi connectivity index (χ1) is 16.0. The van der Waals surface area contributed by atoms with Crippen LogP contribution >= 0.6 is 0 Å². The van der Waals surface area contributed by atoms with Gasteiger partial charge in [-0.3, -0.25) is 9.59 Å². The van der Waals surface area contributed by atoms with E-state index in [0.717, 1.165) is 19.3 Å². The number of halogens is 3. The minimum absolute atomic E-state index is 0.0291. The number of nitrogen functional groups attached to an aromatic ring is 1. The fourth-order valence-electron chi connectivity index (χ4n) is 4.79. The number of alkyl halides is 3. The van der Waals surface area contributed by atoms with E-state index in [2.05, 4.69) is 16.9 Å². The van der Waals surface area contributed by atoms with Gasteiger partial charge < -0.3 is 21.1 Å². The average Bonchev–Trinajstić information content (AvgIpc) is 3.33. The second-order valence-corrected chi connectivity index (χ2v) is 8.76. The summed E-state index contributed by atoms with van der Waals surface area (Å²) < 4.78 is 43.4. The summed E-state index contributed by atoms with van der Waals surface area (Å²) in [6.45, 7) is 1.49. The Labute approximate surface area is 194 Å². The quantitative estimate of drug-likeness (QED) is 0.645. The maximum atomic E-state index is 12.4. The van der Waals surface area contributed by atoms with E-state index in [9.17, 15) is 22.8 Å². The molecule has 0 atom stereocenters. The second kappa shape index (κ2) is 8.59. The molecule has 11 heteroatoms. The Balaban J connectivity index is 1.52. The molecule has 0 bridgehead atoms. The second-order valence-electron chi connectivity index (χ2n) is 8.76. The summed E-state index contributed by atoms with van der Waals surface area (Å²) in [6, 6.07) is 5.67. The number of carbonyl (C=O) groups is 2. The molecule has 2 heterocycles. The molecule has 4 N–H and O–H groups in total. The molecule has 0 unspecified atom stereocenters. The molecule has 2 aromatic rings. The summed E-state index contributed by atoms with van der Waals surface area (Å²) >= 11 is 0. The van der Waals surface area contributed by atoms with Crippen LogP contribution in [-0.4, -0.2) is 52.4 Å². The normalized spacial score (nSPS) is 21.6. The molecule has 1 aliphatic heterocycles. The van der Waals surface area contributed by atoms with Crippen molar-refractivity contribution in [2.45, 2.75) is 38.4 Å². The van der Waals surface area contributed by atoms with Crippen LogP contribution in [-0.2, 0) is 4.79 Å². The first-order valence-corrected chi connectivity index (χ1v) is 10.7. The molecule has 1 spiro atoms. The van der Waals surface area contributed by atoms with Gasteiger partial charge in [0.05, 0.1) is 6.04 Å². The topological polar surface area (TPSA) is 116 Å². The minimum Gasteiger partial charge on any atom is -0.484 e. The smallest absolute Gasteiger partial charge is 0.422 e. The molecule has 1 saturated heterocycles. The van der Waals surface area contributed by atoms with E-state index >= 15 is 0 Å². The number of amides is 2. The van der Waals surface area contributed by atoms with Crippen molar-refractivity contribution in [3.8, 4) is 28.8 Å². The number of ether oxygens (including phenoxy) is 1. The molecule has 2 fully saturated rings. The molecule has 180 valence electrons. The predicted octanol–water partition coefficient (Wildman–Crippen LogP) is 2.75. The summed E-state index contributed by atoms with van der Waals surface area (Å²) in [4.78, 5) is 26.0. The van der Waals surface area contributed by atoms with Crippen LogP contribution in [0.1, 0.15) is 42.6 Å². The average molecular weight is 475 g/mol. The third-order valence-corrected chi connectivity index (χ3v) is 6.36. The van der Waals surface area contributed by atoms with E-state index in [4.69, 9.17) is 16.2 Å². The molecule has 2 amide bonds. The van der Waals surface area contributed by atoms with Crippen LogP contribution in [0.15, 0.2) is 24.3 Å². The van der Waals surface area contributed by atoms with Gasteiger partial charge in [-0.05, 0) is 61.8 Å². The van der Waals surface area contributed by atoms with E-state index in [1.54, 1.807) is 16.5 Å². The highest BCUT2D eigenvalue weighted by molar-refractivity contribution is 6.03. The van der Waals surface area contributed by atoms with Crippen LogP contribution in [0, 0.1) is 17.3 Å². The molecule has 8 nitrogen and oxygen atoms in total. The van der Waals surface area contributed by atoms with Gasteiger partial charge in [-0.1, -0.05) is 5.92 Å². The van der Waals surface area contributed by atoms with Crippen molar-refractivity contribution in [3.63, 3.8) is 0 Å². The highest BCUT2D eigenvalue weighted by atomic mass is 19.4. The Morgan fingerprint density at radius 2 is 1.94 bits per heavy atom. The standard InChI is InChI=1S/C23H24F3N5O3/c1-2-3-17(32)30-9-8-22(12-30)10-15(11-22)31-20(27)18(21(28)33)19(29-31)14-4-6-16(7-5-14)34-13-23(24,25)26/h4-7,15H,8-13,27H2,1H3,(H2,28,33). The van der Waals surface area contributed by atoms with Crippen LogP contribution < -0.4 is 16.2 Å². The van der Waals surface area contributed by atoms with E-state index in [1.807, 2.05) is 0 Å². The number of hydrogen-bond donors (Lipinski definition) is 2. The third kappa shape index (κ3) is 4.53. The zero-order chi connectivity index (χ0) is 24.7. The number of carbonyl (C=O) groups excluding carboxylic acids is 2. The zero-order valence-corrected chi connectivity index (χ0v) is 18.5. The van der Waals surface area contributed by atoms with Gasteiger partial charge >= 0.3 is 6.18 Å². The lowest BCUT2D eigenvalue weighted by molar-refractivity contribution is -0.153. The first kappa shape index (κ1) is 23.5. The number of likely N-dealkylation sites (tertiary alicyclic amines) is 1. The molecular formula is C23H24F3N5O3. The third-order valence-electron chi connectivity index (χ3n) is 6.36. The minimum atomic E-state index is -4.45. The maximum absolute atomic E-state index is 12.4. The number of aromatic nitrogens is 2. The summed E-state index contributed by atoms with van der Waals surface area (Å²) in [7, 11) is 0. The molecule has 34 heavy (non-hydrogen) atoms. The van der Waals surface area contributed by atoms with Crippen LogP contribution in [0.5, 0.6) is 5.75 Å². The highest BCUT2D eigenvalue weighted by Gasteiger charge is 2.51. The molecule has 2 aliphatic rings. The number of nitrogens with zero attached hydrogens (tertiary/aromatic N) is 3. The number of benzene rings is 1. The van der Waals surface area contributed by atoms with Gasteiger partial charge in [-0.15, -0.1) is 0 Å². The predicted molar refractivity (Wildman–Crippen MR) is 117 cm³/mol. The highest BCUT2D eigenvalue weighted by Crippen LogP contribution is 2.54. The summed E-state index contributed by atoms with van der Waals surface area (Å²) in [5, 5.41) is 4.54. The molecule has 0 radical (unpaired) electrons. The number of hydrogen-bond acceptors (Lipinski definition) is 5. The van der Waals surface area contributed by atoms with Gasteiger partial charge in [0.2, 0.25) is 0 Å². The molecule has 1 aromatic carbocycles. The van der Waals surface area contributed by atoms with Gasteiger partial charge in [0, 0.05) is 18.7 Å². The first-order valence-electron chi connectivity index (χ1n) is 10.7. The Morgan fingerprint density at radius 3 is 2.53 bits per heavy atom. The molecule has 4 rings (SSSR count). The lowest BCUT2D eigenvalue weighted by Crippen LogP contribution is -2.42.